The summed E-state index contributed by atoms with van der Waals surface area (Å²) in [5.41, 5.74) is 3.56. The van der Waals surface area contributed by atoms with Gasteiger partial charge in [-0.2, -0.15) is 0 Å². The van der Waals surface area contributed by atoms with Crippen LogP contribution in [0.3, 0.4) is 0 Å². The fourth-order valence-corrected chi connectivity index (χ4v) is 5.93. The standard InChI is InChI=1S/C28H32N2O5/c1-17-7-6-12-28(14-17,26(33)29-15-18-13-23(18)25(31)32)30-27(34)35-16-24-21-10-4-2-8-19(21)20-9-3-5-11-22(20)24/h2-5,8-11,17-18,23-24H,6-7,12-16H2,1H3,(H,29,33)(H,30,34)(H,31,32)/t17?,18-,23-,28?/m0/s1. The van der Waals surface area contributed by atoms with Crippen molar-refractivity contribution in [1.82, 2.24) is 10.6 Å². The van der Waals surface area contributed by atoms with E-state index in [1.807, 2.05) is 24.3 Å². The highest BCUT2D eigenvalue weighted by Crippen LogP contribution is 2.44. The van der Waals surface area contributed by atoms with Crippen LogP contribution >= 0.6 is 0 Å². The molecule has 3 N–H and O–H groups in total. The molecule has 0 radical (unpaired) electrons. The highest BCUT2D eigenvalue weighted by atomic mass is 16.5. The summed E-state index contributed by atoms with van der Waals surface area (Å²) in [6.45, 7) is 2.59. The van der Waals surface area contributed by atoms with Gasteiger partial charge in [0.25, 0.3) is 0 Å². The molecule has 2 aromatic carbocycles. The van der Waals surface area contributed by atoms with Crippen molar-refractivity contribution in [1.29, 1.82) is 0 Å². The van der Waals surface area contributed by atoms with Gasteiger partial charge in [0, 0.05) is 12.5 Å². The summed E-state index contributed by atoms with van der Waals surface area (Å²) in [5.74, 6) is -1.24. The van der Waals surface area contributed by atoms with Crippen molar-refractivity contribution in [3.05, 3.63) is 59.7 Å². The van der Waals surface area contributed by atoms with Crippen LogP contribution < -0.4 is 10.6 Å². The minimum atomic E-state index is -1.03. The summed E-state index contributed by atoms with van der Waals surface area (Å²) in [6.07, 6.45) is 2.91. The topological polar surface area (TPSA) is 105 Å². The second-order valence-corrected chi connectivity index (χ2v) is 10.4. The Balaban J connectivity index is 1.25. The van der Waals surface area contributed by atoms with Crippen LogP contribution in [0.15, 0.2) is 48.5 Å². The molecule has 2 unspecified atom stereocenters. The van der Waals surface area contributed by atoms with Crippen LogP contribution in [-0.4, -0.2) is 41.8 Å². The first-order valence-electron chi connectivity index (χ1n) is 12.5. The maximum absolute atomic E-state index is 13.3. The first-order chi connectivity index (χ1) is 16.9. The fraction of sp³-hybridized carbons (Fsp3) is 0.464. The van der Waals surface area contributed by atoms with Gasteiger partial charge in [-0.15, -0.1) is 0 Å². The summed E-state index contributed by atoms with van der Waals surface area (Å²) < 4.78 is 5.73. The number of carboxylic acids is 1. The van der Waals surface area contributed by atoms with Crippen molar-refractivity contribution in [3.63, 3.8) is 0 Å². The molecule has 0 saturated heterocycles. The third kappa shape index (κ3) is 4.64. The number of carbonyl (C=O) groups is 3. The van der Waals surface area contributed by atoms with Crippen LogP contribution in [0, 0.1) is 17.8 Å². The Bertz CT molecular complexity index is 1100. The molecule has 5 rings (SSSR count). The fourth-order valence-electron chi connectivity index (χ4n) is 5.93. The number of aliphatic carboxylic acids is 1. The Labute approximate surface area is 205 Å². The molecule has 0 spiro atoms. The average molecular weight is 477 g/mol. The molecule has 2 fully saturated rings. The number of benzene rings is 2. The molecule has 7 nitrogen and oxygen atoms in total. The smallest absolute Gasteiger partial charge is 0.408 e. The van der Waals surface area contributed by atoms with Gasteiger partial charge in [-0.1, -0.05) is 68.3 Å². The molecule has 0 heterocycles. The number of ether oxygens (including phenoxy) is 1. The normalized spacial score (nSPS) is 26.8. The van der Waals surface area contributed by atoms with Crippen molar-refractivity contribution in [2.45, 2.75) is 50.5 Å². The number of alkyl carbamates (subject to hydrolysis) is 1. The Morgan fingerprint density at radius 1 is 1.06 bits per heavy atom. The van der Waals surface area contributed by atoms with E-state index in [1.54, 1.807) is 0 Å². The van der Waals surface area contributed by atoms with Crippen molar-refractivity contribution in [2.24, 2.45) is 17.8 Å². The number of rotatable bonds is 7. The predicted molar refractivity (Wildman–Crippen MR) is 131 cm³/mol. The molecule has 3 aliphatic carbocycles. The summed E-state index contributed by atoms with van der Waals surface area (Å²) in [6, 6.07) is 16.3. The van der Waals surface area contributed by atoms with Crippen LogP contribution in [-0.2, 0) is 14.3 Å². The molecule has 0 aromatic heterocycles. The number of hydrogen-bond acceptors (Lipinski definition) is 4. The lowest BCUT2D eigenvalue weighted by Gasteiger charge is -2.39. The van der Waals surface area contributed by atoms with Gasteiger partial charge in [-0.05, 0) is 53.4 Å². The van der Waals surface area contributed by atoms with Crippen LogP contribution in [0.1, 0.15) is 56.1 Å². The van der Waals surface area contributed by atoms with Crippen molar-refractivity contribution in [3.8, 4) is 11.1 Å². The molecule has 2 saturated carbocycles. The second kappa shape index (κ2) is 9.36. The third-order valence-corrected chi connectivity index (χ3v) is 7.88. The van der Waals surface area contributed by atoms with Gasteiger partial charge in [0.15, 0.2) is 0 Å². The van der Waals surface area contributed by atoms with Crippen LogP contribution in [0.4, 0.5) is 4.79 Å². The van der Waals surface area contributed by atoms with Crippen molar-refractivity contribution >= 4 is 18.0 Å². The summed E-state index contributed by atoms with van der Waals surface area (Å²) in [5, 5.41) is 15.0. The molecule has 4 atom stereocenters. The lowest BCUT2D eigenvalue weighted by molar-refractivity contribution is -0.139. The Morgan fingerprint density at radius 3 is 2.31 bits per heavy atom. The van der Waals surface area contributed by atoms with Crippen molar-refractivity contribution < 1.29 is 24.2 Å². The van der Waals surface area contributed by atoms with E-state index >= 15 is 0 Å². The maximum atomic E-state index is 13.3. The quantitative estimate of drug-likeness (QED) is 0.552. The van der Waals surface area contributed by atoms with Gasteiger partial charge in [0.1, 0.15) is 12.1 Å². The van der Waals surface area contributed by atoms with E-state index in [0.29, 0.717) is 25.8 Å². The Kier molecular flexibility index (Phi) is 6.26. The van der Waals surface area contributed by atoms with Gasteiger partial charge in [0.05, 0.1) is 5.92 Å². The predicted octanol–water partition coefficient (Wildman–Crippen LogP) is 4.31. The molecular formula is C28H32N2O5. The van der Waals surface area contributed by atoms with E-state index in [4.69, 9.17) is 9.84 Å². The van der Waals surface area contributed by atoms with E-state index in [2.05, 4.69) is 41.8 Å². The van der Waals surface area contributed by atoms with E-state index in [9.17, 15) is 14.4 Å². The number of carboxylic acid groups (broad SMARTS) is 1. The zero-order valence-corrected chi connectivity index (χ0v) is 20.0. The van der Waals surface area contributed by atoms with E-state index < -0.39 is 17.6 Å². The highest BCUT2D eigenvalue weighted by molar-refractivity contribution is 5.90. The third-order valence-electron chi connectivity index (χ3n) is 7.88. The van der Waals surface area contributed by atoms with E-state index in [1.165, 1.54) is 0 Å². The van der Waals surface area contributed by atoms with Gasteiger partial charge in [-0.3, -0.25) is 9.59 Å². The lowest BCUT2D eigenvalue weighted by atomic mass is 9.75. The largest absolute Gasteiger partial charge is 0.481 e. The summed E-state index contributed by atoms with van der Waals surface area (Å²) >= 11 is 0. The first-order valence-corrected chi connectivity index (χ1v) is 12.5. The molecular weight excluding hydrogens is 444 g/mol. The number of fused-ring (bicyclic) bond motifs is 3. The monoisotopic (exact) mass is 476 g/mol. The molecule has 2 amide bonds. The Hall–Kier alpha value is -3.35. The summed E-state index contributed by atoms with van der Waals surface area (Å²) in [7, 11) is 0. The number of nitrogens with one attached hydrogen (secondary N) is 2. The Morgan fingerprint density at radius 2 is 1.71 bits per heavy atom. The molecule has 2 aromatic rings. The molecule has 0 aliphatic heterocycles. The number of amides is 2. The average Bonchev–Trinajstić information content (AvgIpc) is 3.57. The van der Waals surface area contributed by atoms with Gasteiger partial charge in [-0.25, -0.2) is 4.79 Å². The highest BCUT2D eigenvalue weighted by Gasteiger charge is 2.46. The zero-order valence-electron chi connectivity index (χ0n) is 20.0. The second-order valence-electron chi connectivity index (χ2n) is 10.4. The molecule has 184 valence electrons. The van der Waals surface area contributed by atoms with Crippen LogP contribution in [0.25, 0.3) is 11.1 Å². The van der Waals surface area contributed by atoms with Gasteiger partial charge >= 0.3 is 12.1 Å². The summed E-state index contributed by atoms with van der Waals surface area (Å²) in [4.78, 5) is 37.4. The minimum Gasteiger partial charge on any atom is -0.481 e. The zero-order chi connectivity index (χ0) is 24.6. The molecule has 7 heteroatoms. The molecule has 3 aliphatic rings. The van der Waals surface area contributed by atoms with Gasteiger partial charge < -0.3 is 20.5 Å². The number of hydrogen-bond donors (Lipinski definition) is 3. The van der Waals surface area contributed by atoms with Gasteiger partial charge in [0.2, 0.25) is 5.91 Å². The maximum Gasteiger partial charge on any atom is 0.408 e. The van der Waals surface area contributed by atoms with E-state index in [0.717, 1.165) is 35.1 Å². The minimum absolute atomic E-state index is 0.0380. The molecule has 35 heavy (non-hydrogen) atoms. The SMILES string of the molecule is CC1CCCC(NC(=O)OCC2c3ccccc3-c3ccccc32)(C(=O)NC[C@@H]2C[C@@H]2C(=O)O)C1. The van der Waals surface area contributed by atoms with Crippen LogP contribution in [0.5, 0.6) is 0 Å². The van der Waals surface area contributed by atoms with Crippen molar-refractivity contribution in [2.75, 3.05) is 13.2 Å². The number of carbonyl (C=O) groups excluding carboxylic acids is 2. The first kappa shape index (κ1) is 23.4. The van der Waals surface area contributed by atoms with Crippen LogP contribution in [0.2, 0.25) is 0 Å². The van der Waals surface area contributed by atoms with E-state index in [-0.39, 0.29) is 36.2 Å². The molecule has 0 bridgehead atoms. The lowest BCUT2D eigenvalue weighted by Crippen LogP contribution is -2.61.